The predicted molar refractivity (Wildman–Crippen MR) is 126 cm³/mol. The number of carbonyl (C=O) groups is 1. The van der Waals surface area contributed by atoms with E-state index in [0.717, 1.165) is 50.7 Å². The summed E-state index contributed by atoms with van der Waals surface area (Å²) < 4.78 is 0. The van der Waals surface area contributed by atoms with Gasteiger partial charge < -0.3 is 9.80 Å². The fraction of sp³-hybridized carbons (Fsp3) is 0.577. The maximum absolute atomic E-state index is 12.5. The van der Waals surface area contributed by atoms with Crippen LogP contribution in [0.2, 0.25) is 0 Å². The quantitative estimate of drug-likeness (QED) is 0.694. The van der Waals surface area contributed by atoms with E-state index in [1.54, 1.807) is 0 Å². The van der Waals surface area contributed by atoms with Crippen molar-refractivity contribution in [1.29, 1.82) is 0 Å². The second kappa shape index (κ2) is 8.97. The molecule has 31 heavy (non-hydrogen) atoms. The molecule has 0 N–H and O–H groups in total. The Morgan fingerprint density at radius 3 is 2.42 bits per heavy atom. The predicted octanol–water partition coefficient (Wildman–Crippen LogP) is 4.43. The largest absolute Gasteiger partial charge is 0.353 e. The summed E-state index contributed by atoms with van der Waals surface area (Å²) in [6, 6.07) is 6.69. The number of aryl methyl sites for hydroxylation is 3. The first-order valence-electron chi connectivity index (χ1n) is 11.9. The van der Waals surface area contributed by atoms with Crippen LogP contribution >= 0.6 is 0 Å². The number of hydrogen-bond donors (Lipinski definition) is 0. The van der Waals surface area contributed by atoms with E-state index in [2.05, 4.69) is 43.9 Å². The Hall–Kier alpha value is -2.43. The maximum atomic E-state index is 12.5. The third-order valence-corrected chi connectivity index (χ3v) is 6.62. The molecule has 1 aromatic heterocycles. The molecule has 0 unspecified atom stereocenters. The average molecular weight is 421 g/mol. The van der Waals surface area contributed by atoms with Crippen LogP contribution in [0.15, 0.2) is 18.2 Å². The number of rotatable bonds is 6. The van der Waals surface area contributed by atoms with Crippen molar-refractivity contribution in [3.63, 3.8) is 0 Å². The van der Waals surface area contributed by atoms with E-state index in [1.165, 1.54) is 40.8 Å². The van der Waals surface area contributed by atoms with Crippen LogP contribution in [-0.2, 0) is 17.6 Å². The van der Waals surface area contributed by atoms with Gasteiger partial charge in [0.2, 0.25) is 5.91 Å². The lowest BCUT2D eigenvalue weighted by Crippen LogP contribution is -2.50. The van der Waals surface area contributed by atoms with Crippen molar-refractivity contribution in [2.75, 3.05) is 31.1 Å². The fourth-order valence-corrected chi connectivity index (χ4v) is 4.48. The molecule has 1 saturated heterocycles. The Labute approximate surface area is 186 Å². The molecule has 0 radical (unpaired) electrons. The van der Waals surface area contributed by atoms with Crippen molar-refractivity contribution in [3.05, 3.63) is 52.0 Å². The molecule has 5 heteroatoms. The summed E-state index contributed by atoms with van der Waals surface area (Å²) in [6.45, 7) is 13.7. The Bertz CT molecular complexity index is 956. The first-order valence-corrected chi connectivity index (χ1v) is 11.9. The minimum absolute atomic E-state index is 0.0543. The SMILES string of the molecule is CCc1nc(C2CC2)nc(N2CCN(C(=O)C(C)C)CC2)c1Cc1cc(C)ccc1C. The normalized spacial score (nSPS) is 16.8. The smallest absolute Gasteiger partial charge is 0.225 e. The van der Waals surface area contributed by atoms with Crippen LogP contribution in [0.25, 0.3) is 0 Å². The molecule has 2 aliphatic rings. The number of nitrogens with zero attached hydrogens (tertiary/aromatic N) is 4. The minimum atomic E-state index is 0.0543. The van der Waals surface area contributed by atoms with Gasteiger partial charge in [-0.1, -0.05) is 44.5 Å². The van der Waals surface area contributed by atoms with E-state index in [-0.39, 0.29) is 11.8 Å². The highest BCUT2D eigenvalue weighted by Crippen LogP contribution is 2.40. The van der Waals surface area contributed by atoms with E-state index in [9.17, 15) is 4.79 Å². The molecule has 1 aromatic carbocycles. The summed E-state index contributed by atoms with van der Waals surface area (Å²) in [6.07, 6.45) is 4.19. The standard InChI is InChI=1S/C26H36N4O/c1-6-23-22(16-21-15-18(4)7-8-19(21)5)25(28-24(27-23)20-9-10-20)29-11-13-30(14-12-29)26(31)17(2)3/h7-8,15,17,20H,6,9-14,16H2,1-5H3. The van der Waals surface area contributed by atoms with Crippen molar-refractivity contribution in [2.45, 2.75) is 66.2 Å². The number of carbonyl (C=O) groups excluding carboxylic acids is 1. The molecule has 5 nitrogen and oxygen atoms in total. The zero-order valence-electron chi connectivity index (χ0n) is 19.7. The minimum Gasteiger partial charge on any atom is -0.353 e. The van der Waals surface area contributed by atoms with Gasteiger partial charge in [-0.25, -0.2) is 9.97 Å². The van der Waals surface area contributed by atoms with Gasteiger partial charge in [0.05, 0.1) is 0 Å². The van der Waals surface area contributed by atoms with Crippen molar-refractivity contribution >= 4 is 11.7 Å². The fourth-order valence-electron chi connectivity index (χ4n) is 4.48. The highest BCUT2D eigenvalue weighted by atomic mass is 16.2. The Balaban J connectivity index is 1.67. The zero-order chi connectivity index (χ0) is 22.1. The molecular weight excluding hydrogens is 384 g/mol. The number of benzene rings is 1. The van der Waals surface area contributed by atoms with Gasteiger partial charge in [0.25, 0.3) is 0 Å². The van der Waals surface area contributed by atoms with Crippen LogP contribution in [0.4, 0.5) is 5.82 Å². The molecule has 1 amide bonds. The van der Waals surface area contributed by atoms with Gasteiger partial charge in [0.1, 0.15) is 11.6 Å². The molecule has 2 heterocycles. The van der Waals surface area contributed by atoms with Crippen molar-refractivity contribution in [3.8, 4) is 0 Å². The summed E-state index contributed by atoms with van der Waals surface area (Å²) in [5, 5.41) is 0. The Morgan fingerprint density at radius 2 is 1.81 bits per heavy atom. The lowest BCUT2D eigenvalue weighted by Gasteiger charge is -2.37. The molecule has 2 aromatic rings. The van der Waals surface area contributed by atoms with Gasteiger partial charge in [-0.2, -0.15) is 0 Å². The first-order chi connectivity index (χ1) is 14.9. The van der Waals surface area contributed by atoms with Gasteiger partial charge in [-0.05, 0) is 44.2 Å². The number of hydrogen-bond acceptors (Lipinski definition) is 4. The van der Waals surface area contributed by atoms with Crippen LogP contribution < -0.4 is 4.90 Å². The second-order valence-corrected chi connectivity index (χ2v) is 9.53. The number of piperazine rings is 1. The van der Waals surface area contributed by atoms with E-state index >= 15 is 0 Å². The van der Waals surface area contributed by atoms with Crippen LogP contribution in [-0.4, -0.2) is 47.0 Å². The molecule has 1 saturated carbocycles. The average Bonchev–Trinajstić information content (AvgIpc) is 3.61. The van der Waals surface area contributed by atoms with Gasteiger partial charge >= 0.3 is 0 Å². The highest BCUT2D eigenvalue weighted by Gasteiger charge is 2.31. The third kappa shape index (κ3) is 4.76. The number of aromatic nitrogens is 2. The Kier molecular flexibility index (Phi) is 6.31. The summed E-state index contributed by atoms with van der Waals surface area (Å²) in [5.41, 5.74) is 6.42. The van der Waals surface area contributed by atoms with Crippen molar-refractivity contribution in [1.82, 2.24) is 14.9 Å². The lowest BCUT2D eigenvalue weighted by atomic mass is 9.96. The van der Waals surface area contributed by atoms with Crippen LogP contribution in [0, 0.1) is 19.8 Å². The zero-order valence-corrected chi connectivity index (χ0v) is 19.7. The second-order valence-electron chi connectivity index (χ2n) is 9.53. The van der Waals surface area contributed by atoms with Gasteiger partial charge in [0, 0.05) is 55.7 Å². The molecule has 0 spiro atoms. The topological polar surface area (TPSA) is 49.3 Å². The first kappa shape index (κ1) is 21.8. The molecule has 166 valence electrons. The van der Waals surface area contributed by atoms with E-state index in [1.807, 2.05) is 18.7 Å². The number of anilines is 1. The molecular formula is C26H36N4O. The van der Waals surface area contributed by atoms with E-state index < -0.39 is 0 Å². The summed E-state index contributed by atoms with van der Waals surface area (Å²) in [5.74, 6) is 2.97. The summed E-state index contributed by atoms with van der Waals surface area (Å²) in [7, 11) is 0. The van der Waals surface area contributed by atoms with Crippen LogP contribution in [0.5, 0.6) is 0 Å². The summed E-state index contributed by atoms with van der Waals surface area (Å²) >= 11 is 0. The molecule has 4 rings (SSSR count). The number of amides is 1. The molecule has 2 fully saturated rings. The molecule has 0 atom stereocenters. The lowest BCUT2D eigenvalue weighted by molar-refractivity contribution is -0.134. The Morgan fingerprint density at radius 1 is 1.10 bits per heavy atom. The van der Waals surface area contributed by atoms with Gasteiger partial charge in [-0.3, -0.25) is 4.79 Å². The summed E-state index contributed by atoms with van der Waals surface area (Å²) in [4.78, 5) is 27.0. The van der Waals surface area contributed by atoms with Crippen molar-refractivity contribution < 1.29 is 4.79 Å². The van der Waals surface area contributed by atoms with Crippen LogP contribution in [0.3, 0.4) is 0 Å². The maximum Gasteiger partial charge on any atom is 0.225 e. The molecule has 1 aliphatic heterocycles. The van der Waals surface area contributed by atoms with E-state index in [4.69, 9.17) is 9.97 Å². The molecule has 0 bridgehead atoms. The van der Waals surface area contributed by atoms with Crippen LogP contribution in [0.1, 0.15) is 73.3 Å². The monoisotopic (exact) mass is 420 g/mol. The van der Waals surface area contributed by atoms with Gasteiger partial charge in [-0.15, -0.1) is 0 Å². The third-order valence-electron chi connectivity index (χ3n) is 6.62. The van der Waals surface area contributed by atoms with Crippen molar-refractivity contribution in [2.24, 2.45) is 5.92 Å². The van der Waals surface area contributed by atoms with Gasteiger partial charge in [0.15, 0.2) is 0 Å². The van der Waals surface area contributed by atoms with E-state index in [0.29, 0.717) is 5.92 Å². The molecule has 1 aliphatic carbocycles. The highest BCUT2D eigenvalue weighted by molar-refractivity contribution is 5.78.